The van der Waals surface area contributed by atoms with E-state index in [0.717, 1.165) is 6.54 Å². The van der Waals surface area contributed by atoms with Gasteiger partial charge >= 0.3 is 0 Å². The van der Waals surface area contributed by atoms with Crippen molar-refractivity contribution >= 4 is 0 Å². The van der Waals surface area contributed by atoms with Gasteiger partial charge in [0.2, 0.25) is 5.89 Å². The van der Waals surface area contributed by atoms with E-state index in [9.17, 15) is 0 Å². The number of aromatic amines is 1. The molecule has 2 heterocycles. The predicted octanol–water partition coefficient (Wildman–Crippen LogP) is 0.996. The molecule has 0 spiro atoms. The fourth-order valence-electron chi connectivity index (χ4n) is 1.19. The van der Waals surface area contributed by atoms with Gasteiger partial charge in [-0.15, -0.1) is 0 Å². The van der Waals surface area contributed by atoms with E-state index < -0.39 is 0 Å². The third kappa shape index (κ3) is 2.20. The first kappa shape index (κ1) is 8.96. The minimum absolute atomic E-state index is 0.603. The molecule has 0 bridgehead atoms. The van der Waals surface area contributed by atoms with E-state index in [2.05, 4.69) is 20.4 Å². The lowest BCUT2D eigenvalue weighted by Gasteiger charge is -1.97. The highest BCUT2D eigenvalue weighted by Gasteiger charge is 2.01. The van der Waals surface area contributed by atoms with Crippen molar-refractivity contribution < 1.29 is 4.52 Å². The van der Waals surface area contributed by atoms with E-state index in [-0.39, 0.29) is 0 Å². The Hall–Kier alpha value is -1.62. The van der Waals surface area contributed by atoms with Gasteiger partial charge in [-0.25, -0.2) is 0 Å². The molecule has 0 fully saturated rings. The Morgan fingerprint density at radius 1 is 1.50 bits per heavy atom. The molecule has 74 valence electrons. The van der Waals surface area contributed by atoms with Crippen LogP contribution in [0.25, 0.3) is 0 Å². The molecular formula is C9H12N4O. The summed E-state index contributed by atoms with van der Waals surface area (Å²) in [6, 6.07) is 2.02. The van der Waals surface area contributed by atoms with Crippen LogP contribution in [0, 0.1) is 6.92 Å². The van der Waals surface area contributed by atoms with Gasteiger partial charge in [0, 0.05) is 18.9 Å². The molecule has 2 aromatic rings. The molecule has 0 aliphatic rings. The summed E-state index contributed by atoms with van der Waals surface area (Å²) in [5.74, 6) is 1.29. The average molecular weight is 192 g/mol. The fraction of sp³-hybridized carbons (Fsp3) is 0.333. The van der Waals surface area contributed by atoms with Crippen LogP contribution >= 0.6 is 0 Å². The Bertz CT molecular complexity index is 379. The second-order valence-electron chi connectivity index (χ2n) is 3.06. The average Bonchev–Trinajstić information content (AvgIpc) is 2.77. The molecule has 0 aromatic carbocycles. The summed E-state index contributed by atoms with van der Waals surface area (Å²) in [6.07, 6.45) is 3.85. The van der Waals surface area contributed by atoms with Crippen LogP contribution in [0.2, 0.25) is 0 Å². The van der Waals surface area contributed by atoms with Gasteiger partial charge in [0.1, 0.15) is 0 Å². The molecule has 2 N–H and O–H groups in total. The van der Waals surface area contributed by atoms with Gasteiger partial charge < -0.3 is 14.8 Å². The van der Waals surface area contributed by atoms with Crippen LogP contribution in [0.1, 0.15) is 17.3 Å². The van der Waals surface area contributed by atoms with Crippen molar-refractivity contribution in [3.05, 3.63) is 35.7 Å². The van der Waals surface area contributed by atoms with Gasteiger partial charge in [0.15, 0.2) is 5.82 Å². The largest absolute Gasteiger partial charge is 0.367 e. The topological polar surface area (TPSA) is 66.7 Å². The molecular weight excluding hydrogens is 180 g/mol. The summed E-state index contributed by atoms with van der Waals surface area (Å²) in [5.41, 5.74) is 1.21. The van der Waals surface area contributed by atoms with E-state index in [1.807, 2.05) is 18.5 Å². The molecule has 0 saturated heterocycles. The van der Waals surface area contributed by atoms with Crippen molar-refractivity contribution in [3.8, 4) is 0 Å². The Balaban J connectivity index is 1.78. The van der Waals surface area contributed by atoms with Crippen LogP contribution in [0.15, 0.2) is 23.0 Å². The lowest BCUT2D eigenvalue weighted by atomic mass is 10.3. The van der Waals surface area contributed by atoms with E-state index in [0.29, 0.717) is 18.3 Å². The standard InChI is InChI=1S/C9H12N4O/c1-7-12-9(14-13-7)6-11-5-8-2-3-10-4-8/h2-4,10-11H,5-6H2,1H3. The molecule has 0 aliphatic heterocycles. The van der Waals surface area contributed by atoms with Crippen molar-refractivity contribution in [2.75, 3.05) is 0 Å². The first-order chi connectivity index (χ1) is 6.84. The van der Waals surface area contributed by atoms with Crippen LogP contribution < -0.4 is 5.32 Å². The second-order valence-corrected chi connectivity index (χ2v) is 3.06. The Morgan fingerprint density at radius 3 is 3.07 bits per heavy atom. The van der Waals surface area contributed by atoms with Crippen molar-refractivity contribution in [1.82, 2.24) is 20.4 Å². The zero-order chi connectivity index (χ0) is 9.80. The summed E-state index contributed by atoms with van der Waals surface area (Å²) in [4.78, 5) is 7.07. The Morgan fingerprint density at radius 2 is 2.43 bits per heavy atom. The van der Waals surface area contributed by atoms with E-state index in [4.69, 9.17) is 4.52 Å². The first-order valence-electron chi connectivity index (χ1n) is 4.46. The number of H-pyrrole nitrogens is 1. The summed E-state index contributed by atoms with van der Waals surface area (Å²) in [6.45, 7) is 3.20. The van der Waals surface area contributed by atoms with Crippen LogP contribution in [0.3, 0.4) is 0 Å². The zero-order valence-corrected chi connectivity index (χ0v) is 7.95. The van der Waals surface area contributed by atoms with Gasteiger partial charge in [0.25, 0.3) is 0 Å². The molecule has 0 amide bonds. The highest BCUT2D eigenvalue weighted by Crippen LogP contribution is 1.98. The number of aryl methyl sites for hydroxylation is 1. The normalized spacial score (nSPS) is 10.6. The van der Waals surface area contributed by atoms with Crippen molar-refractivity contribution in [2.45, 2.75) is 20.0 Å². The predicted molar refractivity (Wildman–Crippen MR) is 50.4 cm³/mol. The summed E-state index contributed by atoms with van der Waals surface area (Å²) in [5, 5.41) is 6.90. The lowest BCUT2D eigenvalue weighted by Crippen LogP contribution is -2.12. The Labute approximate surface area is 81.5 Å². The van der Waals surface area contributed by atoms with Crippen LogP contribution in [0.5, 0.6) is 0 Å². The summed E-state index contributed by atoms with van der Waals surface area (Å²) in [7, 11) is 0. The zero-order valence-electron chi connectivity index (χ0n) is 7.95. The number of nitrogens with zero attached hydrogens (tertiary/aromatic N) is 2. The minimum atomic E-state index is 0.603. The molecule has 0 atom stereocenters. The molecule has 5 heteroatoms. The quantitative estimate of drug-likeness (QED) is 0.758. The third-order valence-corrected chi connectivity index (χ3v) is 1.84. The maximum absolute atomic E-state index is 4.95. The maximum atomic E-state index is 4.95. The number of hydrogen-bond acceptors (Lipinski definition) is 4. The SMILES string of the molecule is Cc1noc(CNCc2cc[nH]c2)n1. The van der Waals surface area contributed by atoms with E-state index in [1.165, 1.54) is 5.56 Å². The lowest BCUT2D eigenvalue weighted by molar-refractivity contribution is 0.364. The number of rotatable bonds is 4. The van der Waals surface area contributed by atoms with Crippen LogP contribution in [-0.4, -0.2) is 15.1 Å². The summed E-state index contributed by atoms with van der Waals surface area (Å²) >= 11 is 0. The smallest absolute Gasteiger partial charge is 0.240 e. The van der Waals surface area contributed by atoms with Crippen LogP contribution in [-0.2, 0) is 13.1 Å². The second kappa shape index (κ2) is 4.06. The van der Waals surface area contributed by atoms with Crippen molar-refractivity contribution in [1.29, 1.82) is 0 Å². The van der Waals surface area contributed by atoms with Gasteiger partial charge in [-0.1, -0.05) is 5.16 Å². The molecule has 5 nitrogen and oxygen atoms in total. The highest BCUT2D eigenvalue weighted by atomic mass is 16.5. The van der Waals surface area contributed by atoms with Gasteiger partial charge in [0.05, 0.1) is 6.54 Å². The molecule has 14 heavy (non-hydrogen) atoms. The molecule has 2 aromatic heterocycles. The Kier molecular flexibility index (Phi) is 2.60. The molecule has 0 saturated carbocycles. The van der Waals surface area contributed by atoms with Gasteiger partial charge in [-0.3, -0.25) is 0 Å². The van der Waals surface area contributed by atoms with Gasteiger partial charge in [-0.2, -0.15) is 4.98 Å². The molecule has 0 unspecified atom stereocenters. The molecule has 0 radical (unpaired) electrons. The number of aromatic nitrogens is 3. The minimum Gasteiger partial charge on any atom is -0.367 e. The van der Waals surface area contributed by atoms with E-state index in [1.54, 1.807) is 6.92 Å². The van der Waals surface area contributed by atoms with E-state index >= 15 is 0 Å². The van der Waals surface area contributed by atoms with Gasteiger partial charge in [-0.05, 0) is 18.6 Å². The number of hydrogen-bond donors (Lipinski definition) is 2. The van der Waals surface area contributed by atoms with Crippen LogP contribution in [0.4, 0.5) is 0 Å². The van der Waals surface area contributed by atoms with Crippen molar-refractivity contribution in [2.24, 2.45) is 0 Å². The molecule has 2 rings (SSSR count). The summed E-state index contributed by atoms with van der Waals surface area (Å²) < 4.78 is 4.95. The maximum Gasteiger partial charge on any atom is 0.240 e. The number of nitrogens with one attached hydrogen (secondary N) is 2. The fourth-order valence-corrected chi connectivity index (χ4v) is 1.19. The monoisotopic (exact) mass is 192 g/mol. The first-order valence-corrected chi connectivity index (χ1v) is 4.46. The molecule has 0 aliphatic carbocycles. The highest BCUT2D eigenvalue weighted by molar-refractivity contribution is 5.07. The third-order valence-electron chi connectivity index (χ3n) is 1.84. The van der Waals surface area contributed by atoms with Crippen molar-refractivity contribution in [3.63, 3.8) is 0 Å².